The Balaban J connectivity index is 1.64. The molecule has 1 atom stereocenters. The molecule has 0 bridgehead atoms. The Hall–Kier alpha value is -2.13. The molecule has 1 aromatic heterocycles. The van der Waals surface area contributed by atoms with Crippen LogP contribution in [0.5, 0.6) is 5.75 Å². The second-order valence-electron chi connectivity index (χ2n) is 7.30. The van der Waals surface area contributed by atoms with Gasteiger partial charge in [0.1, 0.15) is 10.8 Å². The summed E-state index contributed by atoms with van der Waals surface area (Å²) in [4.78, 5) is 11.5. The van der Waals surface area contributed by atoms with Crippen molar-refractivity contribution in [3.05, 3.63) is 58.1 Å². The number of aryl methyl sites for hydroxylation is 3. The van der Waals surface area contributed by atoms with Crippen LogP contribution in [0.4, 0.5) is 5.00 Å². The van der Waals surface area contributed by atoms with Crippen LogP contribution in [0.3, 0.4) is 0 Å². The van der Waals surface area contributed by atoms with Crippen LogP contribution in [-0.4, -0.2) is 34.5 Å². The van der Waals surface area contributed by atoms with Gasteiger partial charge in [-0.3, -0.25) is 8.86 Å². The van der Waals surface area contributed by atoms with Crippen LogP contribution in [0.15, 0.2) is 36.4 Å². The number of halogens is 1. The second kappa shape index (κ2) is 11.1. The van der Waals surface area contributed by atoms with Crippen LogP contribution in [0, 0.1) is 13.8 Å². The maximum absolute atomic E-state index is 12.1. The highest BCUT2D eigenvalue weighted by Crippen LogP contribution is 2.39. The summed E-state index contributed by atoms with van der Waals surface area (Å²) < 4.78 is 34.9. The predicted molar refractivity (Wildman–Crippen MR) is 131 cm³/mol. The first-order chi connectivity index (χ1) is 15.3. The van der Waals surface area contributed by atoms with E-state index in [4.69, 9.17) is 21.1 Å². The predicted octanol–water partition coefficient (Wildman–Crippen LogP) is 5.69. The summed E-state index contributed by atoms with van der Waals surface area (Å²) in [7, 11) is 0. The molecule has 3 aromatic rings. The molecule has 0 amide bonds. The van der Waals surface area contributed by atoms with Gasteiger partial charge in [-0.1, -0.05) is 23.7 Å². The summed E-state index contributed by atoms with van der Waals surface area (Å²) in [6.07, 6.45) is 1.44. The molecule has 9 heteroatoms. The topological polar surface area (TPSA) is 76.1 Å². The number of ether oxygens (including phenoxy) is 2. The number of anilines is 1. The van der Waals surface area contributed by atoms with E-state index in [2.05, 4.69) is 0 Å². The Labute approximate surface area is 199 Å². The van der Waals surface area contributed by atoms with Gasteiger partial charge in [0.15, 0.2) is 6.61 Å². The maximum Gasteiger partial charge on any atom is 0.344 e. The van der Waals surface area contributed by atoms with Crippen molar-refractivity contribution >= 4 is 55.3 Å². The van der Waals surface area contributed by atoms with Crippen molar-refractivity contribution in [3.8, 4) is 5.75 Å². The highest BCUT2D eigenvalue weighted by atomic mass is 35.5. The Bertz CT molecular complexity index is 1130. The lowest BCUT2D eigenvalue weighted by Gasteiger charge is -2.19. The summed E-state index contributed by atoms with van der Waals surface area (Å²) >= 11 is 5.48. The van der Waals surface area contributed by atoms with Crippen molar-refractivity contribution in [2.24, 2.45) is 0 Å². The van der Waals surface area contributed by atoms with Crippen LogP contribution >= 0.6 is 22.9 Å². The molecule has 3 rings (SSSR count). The fraction of sp³-hybridized carbons (Fsp3) is 0.348. The van der Waals surface area contributed by atoms with Gasteiger partial charge < -0.3 is 9.47 Å². The summed E-state index contributed by atoms with van der Waals surface area (Å²) in [6.45, 7) is 6.26. The zero-order chi connectivity index (χ0) is 23.3. The number of hydrogen-bond acceptors (Lipinski definition) is 5. The maximum atomic E-state index is 12.1. The summed E-state index contributed by atoms with van der Waals surface area (Å²) in [5, 5.41) is 2.43. The van der Waals surface area contributed by atoms with Crippen LogP contribution in [0.2, 0.25) is 5.02 Å². The fourth-order valence-corrected chi connectivity index (χ4v) is 5.63. The van der Waals surface area contributed by atoms with E-state index >= 15 is 0 Å². The molecule has 0 aliphatic carbocycles. The van der Waals surface area contributed by atoms with Gasteiger partial charge in [-0.2, -0.15) is 0 Å². The van der Waals surface area contributed by atoms with Gasteiger partial charge in [0.2, 0.25) is 0 Å². The van der Waals surface area contributed by atoms with Gasteiger partial charge in [-0.25, -0.2) is 9.00 Å². The van der Waals surface area contributed by atoms with Crippen molar-refractivity contribution in [1.82, 2.24) is 0 Å². The minimum absolute atomic E-state index is 0.120. The van der Waals surface area contributed by atoms with Gasteiger partial charge in [-0.05, 0) is 80.0 Å². The first kappa shape index (κ1) is 24.5. The fourth-order valence-electron chi connectivity index (χ4n) is 3.46. The molecule has 172 valence electrons. The van der Waals surface area contributed by atoms with Gasteiger partial charge in [0, 0.05) is 16.3 Å². The van der Waals surface area contributed by atoms with E-state index in [0.29, 0.717) is 30.3 Å². The normalized spacial score (nSPS) is 12.0. The first-order valence-corrected chi connectivity index (χ1v) is 12.5. The molecule has 0 aliphatic heterocycles. The van der Waals surface area contributed by atoms with E-state index in [9.17, 15) is 13.6 Å². The average Bonchev–Trinajstić information content (AvgIpc) is 3.06. The standard InChI is InChI=1S/C23H26ClNO5S2/c1-4-29-22(26)14-30-20-9-7-17(12-15(20)2)6-5-11-25(32(27)28)23-16(3)19-13-18(24)8-10-21(19)31-23/h7-10,12-13H,4-6,11,14H2,1-3H3,(H,27,28). The number of rotatable bonds is 10. The smallest absolute Gasteiger partial charge is 0.344 e. The Morgan fingerprint density at radius 1 is 1.22 bits per heavy atom. The molecular formula is C23H26ClNO5S2. The molecule has 0 aliphatic rings. The Morgan fingerprint density at radius 3 is 2.69 bits per heavy atom. The molecule has 1 unspecified atom stereocenters. The van der Waals surface area contributed by atoms with Gasteiger partial charge in [0.25, 0.3) is 11.3 Å². The number of carbonyl (C=O) groups is 1. The van der Waals surface area contributed by atoms with E-state index in [0.717, 1.165) is 38.2 Å². The van der Waals surface area contributed by atoms with Crippen LogP contribution < -0.4 is 9.04 Å². The number of thiophene rings is 1. The summed E-state index contributed by atoms with van der Waals surface area (Å²) in [5.41, 5.74) is 2.97. The molecule has 0 fully saturated rings. The molecular weight excluding hydrogens is 470 g/mol. The number of hydrogen-bond donors (Lipinski definition) is 1. The number of esters is 1. The lowest BCUT2D eigenvalue weighted by molar-refractivity contribution is -0.145. The van der Waals surface area contributed by atoms with Crippen molar-refractivity contribution in [3.63, 3.8) is 0 Å². The summed E-state index contributed by atoms with van der Waals surface area (Å²) in [5.74, 6) is 0.242. The molecule has 0 radical (unpaired) electrons. The SMILES string of the molecule is CCOC(=O)COc1ccc(CCCN(c2sc3ccc(Cl)cc3c2C)S(=O)O)cc1C. The van der Waals surface area contributed by atoms with E-state index in [-0.39, 0.29) is 6.61 Å². The van der Waals surface area contributed by atoms with Crippen molar-refractivity contribution < 1.29 is 23.0 Å². The minimum Gasteiger partial charge on any atom is -0.482 e. The molecule has 0 saturated carbocycles. The molecule has 1 heterocycles. The van der Waals surface area contributed by atoms with Crippen LogP contribution in [-0.2, 0) is 27.2 Å². The quantitative estimate of drug-likeness (QED) is 0.289. The number of fused-ring (bicyclic) bond motifs is 1. The Morgan fingerprint density at radius 2 is 2.00 bits per heavy atom. The number of carbonyl (C=O) groups excluding carboxylic acids is 1. The van der Waals surface area contributed by atoms with E-state index in [1.165, 1.54) is 15.6 Å². The van der Waals surface area contributed by atoms with Crippen LogP contribution in [0.25, 0.3) is 10.1 Å². The molecule has 32 heavy (non-hydrogen) atoms. The van der Waals surface area contributed by atoms with Crippen molar-refractivity contribution in [2.45, 2.75) is 33.6 Å². The molecule has 2 aromatic carbocycles. The van der Waals surface area contributed by atoms with Crippen molar-refractivity contribution in [2.75, 3.05) is 24.1 Å². The third kappa shape index (κ3) is 6.01. The highest BCUT2D eigenvalue weighted by molar-refractivity contribution is 7.81. The van der Waals surface area contributed by atoms with E-state index in [1.54, 1.807) is 6.92 Å². The third-order valence-electron chi connectivity index (χ3n) is 5.00. The second-order valence-corrected chi connectivity index (χ2v) is 9.67. The average molecular weight is 496 g/mol. The highest BCUT2D eigenvalue weighted by Gasteiger charge is 2.19. The van der Waals surface area contributed by atoms with Crippen LogP contribution in [0.1, 0.15) is 30.0 Å². The Kier molecular flexibility index (Phi) is 8.53. The summed E-state index contributed by atoms with van der Waals surface area (Å²) in [6, 6.07) is 11.4. The van der Waals surface area contributed by atoms with Gasteiger partial charge in [0.05, 0.1) is 6.61 Å². The number of benzene rings is 2. The van der Waals surface area contributed by atoms with E-state index < -0.39 is 17.2 Å². The first-order valence-electron chi connectivity index (χ1n) is 10.2. The molecule has 0 saturated heterocycles. The third-order valence-corrected chi connectivity index (χ3v) is 7.39. The lowest BCUT2D eigenvalue weighted by Crippen LogP contribution is -2.26. The van der Waals surface area contributed by atoms with E-state index in [1.807, 2.05) is 50.2 Å². The zero-order valence-corrected chi connectivity index (χ0v) is 20.6. The van der Waals surface area contributed by atoms with Crippen molar-refractivity contribution in [1.29, 1.82) is 0 Å². The monoisotopic (exact) mass is 495 g/mol. The zero-order valence-electron chi connectivity index (χ0n) is 18.2. The number of nitrogens with zero attached hydrogens (tertiary/aromatic N) is 1. The minimum atomic E-state index is -2.12. The largest absolute Gasteiger partial charge is 0.482 e. The van der Waals surface area contributed by atoms with Gasteiger partial charge in [-0.15, -0.1) is 11.3 Å². The molecule has 0 spiro atoms. The molecule has 1 N–H and O–H groups in total. The van der Waals surface area contributed by atoms with Gasteiger partial charge >= 0.3 is 5.97 Å². The molecule has 6 nitrogen and oxygen atoms in total. The lowest BCUT2D eigenvalue weighted by atomic mass is 10.1.